The summed E-state index contributed by atoms with van der Waals surface area (Å²) in [6.07, 6.45) is 0.603. The molecule has 1 amide bonds. The number of ether oxygens (including phenoxy) is 1. The molecule has 0 aliphatic heterocycles. The molecule has 1 aromatic carbocycles. The van der Waals surface area contributed by atoms with Crippen molar-refractivity contribution < 1.29 is 9.53 Å². The van der Waals surface area contributed by atoms with Gasteiger partial charge >= 0.3 is 0 Å². The second kappa shape index (κ2) is 6.34. The Morgan fingerprint density at radius 3 is 2.67 bits per heavy atom. The number of rotatable bonds is 4. The van der Waals surface area contributed by atoms with Crippen LogP contribution < -0.4 is 11.1 Å². The highest BCUT2D eigenvalue weighted by atomic mass is 35.5. The van der Waals surface area contributed by atoms with E-state index < -0.39 is 5.54 Å². The quantitative estimate of drug-likeness (QED) is 0.898. The molecule has 1 aromatic rings. The van der Waals surface area contributed by atoms with Crippen LogP contribution in [0.3, 0.4) is 0 Å². The van der Waals surface area contributed by atoms with Crippen molar-refractivity contribution in [1.29, 1.82) is 0 Å². The molecule has 0 bridgehead atoms. The summed E-state index contributed by atoms with van der Waals surface area (Å²) in [4.78, 5) is 12.5. The molecule has 2 atom stereocenters. The Labute approximate surface area is 132 Å². The van der Waals surface area contributed by atoms with E-state index in [2.05, 4.69) is 5.32 Å². The van der Waals surface area contributed by atoms with E-state index in [1.54, 1.807) is 0 Å². The van der Waals surface area contributed by atoms with E-state index >= 15 is 0 Å². The molecule has 1 aliphatic carbocycles. The van der Waals surface area contributed by atoms with Crippen LogP contribution in [0.5, 0.6) is 0 Å². The lowest BCUT2D eigenvalue weighted by Crippen LogP contribution is -2.74. The number of carbonyl (C=O) groups excluding carboxylic acids is 1. The first-order chi connectivity index (χ1) is 9.31. The van der Waals surface area contributed by atoms with Crippen molar-refractivity contribution >= 4 is 24.0 Å². The molecule has 0 radical (unpaired) electrons. The van der Waals surface area contributed by atoms with Crippen LogP contribution in [0.15, 0.2) is 24.3 Å². The van der Waals surface area contributed by atoms with E-state index in [1.807, 2.05) is 52.0 Å². The minimum Gasteiger partial charge on any atom is -0.378 e. The molecule has 1 saturated carbocycles. The zero-order chi connectivity index (χ0) is 15.0. The number of aryl methyl sites for hydroxylation is 1. The van der Waals surface area contributed by atoms with Gasteiger partial charge in [-0.3, -0.25) is 4.79 Å². The fourth-order valence-corrected chi connectivity index (χ4v) is 2.79. The summed E-state index contributed by atoms with van der Waals surface area (Å²) >= 11 is 0. The topological polar surface area (TPSA) is 64.3 Å². The summed E-state index contributed by atoms with van der Waals surface area (Å²) in [5.74, 6) is -0.135. The third-order valence-corrected chi connectivity index (χ3v) is 4.51. The number of benzene rings is 1. The normalized spacial score (nSPS) is 26.4. The summed E-state index contributed by atoms with van der Waals surface area (Å²) < 4.78 is 5.65. The van der Waals surface area contributed by atoms with E-state index in [0.717, 1.165) is 11.3 Å². The maximum absolute atomic E-state index is 12.5. The van der Waals surface area contributed by atoms with Gasteiger partial charge in [-0.1, -0.05) is 26.0 Å². The maximum atomic E-state index is 12.5. The van der Waals surface area contributed by atoms with Crippen LogP contribution in [0, 0.1) is 12.3 Å². The van der Waals surface area contributed by atoms with Gasteiger partial charge in [0.15, 0.2) is 0 Å². The van der Waals surface area contributed by atoms with Gasteiger partial charge in [0.1, 0.15) is 5.54 Å². The molecule has 0 aromatic heterocycles. The van der Waals surface area contributed by atoms with Crippen LogP contribution in [0.25, 0.3) is 0 Å². The molecular weight excluding hydrogens is 288 g/mol. The molecule has 3 N–H and O–H groups in total. The molecule has 2 unspecified atom stereocenters. The minimum atomic E-state index is -0.878. The van der Waals surface area contributed by atoms with Crippen molar-refractivity contribution in [3.05, 3.63) is 29.8 Å². The molecule has 118 valence electrons. The number of hydrogen-bond acceptors (Lipinski definition) is 3. The summed E-state index contributed by atoms with van der Waals surface area (Å²) in [7, 11) is 0. The molecule has 0 spiro atoms. The fraction of sp³-hybridized carbons (Fsp3) is 0.562. The van der Waals surface area contributed by atoms with Crippen LogP contribution >= 0.6 is 12.4 Å². The molecule has 0 saturated heterocycles. The summed E-state index contributed by atoms with van der Waals surface area (Å²) in [6.45, 7) is 8.58. The highest BCUT2D eigenvalue weighted by Gasteiger charge is 2.62. The van der Waals surface area contributed by atoms with Gasteiger partial charge in [-0.05, 0) is 31.5 Å². The first-order valence-corrected chi connectivity index (χ1v) is 7.10. The number of halogens is 1. The molecule has 0 heterocycles. The van der Waals surface area contributed by atoms with E-state index in [9.17, 15) is 4.79 Å². The fourth-order valence-electron chi connectivity index (χ4n) is 2.79. The highest BCUT2D eigenvalue weighted by Crippen LogP contribution is 2.50. The molecular formula is C16H25ClN2O2. The van der Waals surface area contributed by atoms with Crippen molar-refractivity contribution in [3.63, 3.8) is 0 Å². The van der Waals surface area contributed by atoms with Gasteiger partial charge in [-0.25, -0.2) is 0 Å². The van der Waals surface area contributed by atoms with E-state index in [1.165, 1.54) is 0 Å². The van der Waals surface area contributed by atoms with Crippen LogP contribution in [-0.2, 0) is 9.53 Å². The Morgan fingerprint density at radius 2 is 2.14 bits per heavy atom. The maximum Gasteiger partial charge on any atom is 0.245 e. The highest BCUT2D eigenvalue weighted by molar-refractivity contribution is 5.99. The van der Waals surface area contributed by atoms with Crippen LogP contribution in [0.1, 0.15) is 32.8 Å². The number of anilines is 1. The summed E-state index contributed by atoms with van der Waals surface area (Å²) in [5, 5.41) is 2.92. The smallest absolute Gasteiger partial charge is 0.245 e. The first-order valence-electron chi connectivity index (χ1n) is 7.10. The zero-order valence-corrected chi connectivity index (χ0v) is 13.9. The first kappa shape index (κ1) is 18.0. The largest absolute Gasteiger partial charge is 0.378 e. The van der Waals surface area contributed by atoms with Gasteiger partial charge in [0.05, 0.1) is 6.10 Å². The minimum absolute atomic E-state index is 0. The number of hydrogen-bond donors (Lipinski definition) is 2. The Hall–Kier alpha value is -1.10. The van der Waals surface area contributed by atoms with Gasteiger partial charge in [-0.2, -0.15) is 0 Å². The Morgan fingerprint density at radius 1 is 1.48 bits per heavy atom. The lowest BCUT2D eigenvalue weighted by molar-refractivity contribution is -0.166. The number of amides is 1. The second-order valence-electron chi connectivity index (χ2n) is 6.16. The lowest BCUT2D eigenvalue weighted by atomic mass is 9.54. The average molecular weight is 313 g/mol. The number of nitrogens with two attached hydrogens (primary N) is 1. The Balaban J connectivity index is 0.00000220. The molecule has 5 heteroatoms. The van der Waals surface area contributed by atoms with E-state index in [-0.39, 0.29) is 29.8 Å². The molecule has 21 heavy (non-hydrogen) atoms. The summed E-state index contributed by atoms with van der Waals surface area (Å²) in [5.41, 5.74) is 6.99. The predicted molar refractivity (Wildman–Crippen MR) is 87.8 cm³/mol. The van der Waals surface area contributed by atoms with Crippen molar-refractivity contribution in [3.8, 4) is 0 Å². The number of nitrogens with one attached hydrogen (secondary N) is 1. The predicted octanol–water partition coefficient (Wildman–Crippen LogP) is 2.89. The third-order valence-electron chi connectivity index (χ3n) is 4.51. The van der Waals surface area contributed by atoms with E-state index in [0.29, 0.717) is 13.0 Å². The van der Waals surface area contributed by atoms with Crippen LogP contribution in [0.4, 0.5) is 5.69 Å². The Bertz CT molecular complexity index is 519. The monoisotopic (exact) mass is 312 g/mol. The van der Waals surface area contributed by atoms with E-state index in [4.69, 9.17) is 10.5 Å². The SMILES string of the molecule is CCOC1CC(N)(C(=O)Nc2cccc(C)c2)C1(C)C.Cl. The molecule has 4 nitrogen and oxygen atoms in total. The van der Waals surface area contributed by atoms with Gasteiger partial charge in [0, 0.05) is 24.1 Å². The standard InChI is InChI=1S/C16H24N2O2.ClH/c1-5-20-13-10-16(17,15(13,3)4)14(19)18-12-8-6-7-11(2)9-12;/h6-9,13H,5,10,17H2,1-4H3,(H,18,19);1H. The molecule has 1 fully saturated rings. The van der Waals surface area contributed by atoms with Gasteiger partial charge in [-0.15, -0.1) is 12.4 Å². The van der Waals surface area contributed by atoms with Gasteiger partial charge < -0.3 is 15.8 Å². The summed E-state index contributed by atoms with van der Waals surface area (Å²) in [6, 6.07) is 7.72. The van der Waals surface area contributed by atoms with Crippen LogP contribution in [0.2, 0.25) is 0 Å². The third kappa shape index (κ3) is 3.07. The lowest BCUT2D eigenvalue weighted by Gasteiger charge is -2.57. The van der Waals surface area contributed by atoms with Crippen molar-refractivity contribution in [2.24, 2.45) is 11.1 Å². The Kier molecular flexibility index (Phi) is 5.42. The second-order valence-corrected chi connectivity index (χ2v) is 6.16. The van der Waals surface area contributed by atoms with Crippen LogP contribution in [-0.4, -0.2) is 24.2 Å². The van der Waals surface area contributed by atoms with Gasteiger partial charge in [0.25, 0.3) is 0 Å². The van der Waals surface area contributed by atoms with Crippen molar-refractivity contribution in [2.75, 3.05) is 11.9 Å². The van der Waals surface area contributed by atoms with Gasteiger partial charge in [0.2, 0.25) is 5.91 Å². The molecule has 1 aliphatic rings. The van der Waals surface area contributed by atoms with Crippen molar-refractivity contribution in [1.82, 2.24) is 0 Å². The average Bonchev–Trinajstić information content (AvgIpc) is 2.38. The van der Waals surface area contributed by atoms with Crippen molar-refractivity contribution in [2.45, 2.75) is 45.8 Å². The zero-order valence-electron chi connectivity index (χ0n) is 13.1. The number of carbonyl (C=O) groups is 1. The molecule has 2 rings (SSSR count).